The van der Waals surface area contributed by atoms with Crippen molar-refractivity contribution in [1.29, 1.82) is 0 Å². The number of nitrogens with one attached hydrogen (secondary N) is 1. The van der Waals surface area contributed by atoms with E-state index in [0.29, 0.717) is 5.56 Å². The first-order valence-corrected chi connectivity index (χ1v) is 11.3. The van der Waals surface area contributed by atoms with E-state index in [1.807, 2.05) is 19.1 Å². The van der Waals surface area contributed by atoms with Crippen molar-refractivity contribution in [3.63, 3.8) is 0 Å². The lowest BCUT2D eigenvalue weighted by molar-refractivity contribution is -0.147. The number of amides is 1. The van der Waals surface area contributed by atoms with Crippen molar-refractivity contribution in [2.45, 2.75) is 31.6 Å². The largest absolute Gasteiger partial charge is 0.456 e. The van der Waals surface area contributed by atoms with E-state index >= 15 is 0 Å². The number of ketones is 1. The number of hydrogen-bond acceptors (Lipinski definition) is 6. The SMILES string of the molecule is Cc1ccc(C)c(C(=O)CCC(=O)OCC(=O)Nc2c(Cl)cc(S(N)(=O)=O)cc2Cl)c1. The van der Waals surface area contributed by atoms with Crippen LogP contribution in [0.15, 0.2) is 35.2 Å². The fraction of sp³-hybridized carbons (Fsp3) is 0.250. The van der Waals surface area contributed by atoms with Gasteiger partial charge in [-0.05, 0) is 37.6 Å². The molecule has 0 spiro atoms. The molecule has 1 amide bonds. The number of nitrogens with two attached hydrogens (primary N) is 1. The highest BCUT2D eigenvalue weighted by atomic mass is 35.5. The summed E-state index contributed by atoms with van der Waals surface area (Å²) >= 11 is 11.9. The van der Waals surface area contributed by atoms with E-state index in [-0.39, 0.29) is 39.3 Å². The van der Waals surface area contributed by atoms with Crippen LogP contribution in [-0.2, 0) is 24.3 Å². The van der Waals surface area contributed by atoms with Gasteiger partial charge in [0.2, 0.25) is 10.0 Å². The molecule has 2 rings (SSSR count). The molecule has 166 valence electrons. The fourth-order valence-electron chi connectivity index (χ4n) is 2.61. The van der Waals surface area contributed by atoms with Gasteiger partial charge < -0.3 is 10.1 Å². The molecule has 0 aliphatic rings. The molecule has 0 radical (unpaired) electrons. The first-order valence-electron chi connectivity index (χ1n) is 8.96. The second-order valence-electron chi connectivity index (χ2n) is 6.76. The van der Waals surface area contributed by atoms with Gasteiger partial charge in [0, 0.05) is 12.0 Å². The molecule has 0 aliphatic heterocycles. The molecule has 0 saturated carbocycles. The number of Topliss-reactive ketones (excluding diaryl/α,β-unsaturated/α-hetero) is 1. The predicted molar refractivity (Wildman–Crippen MR) is 117 cm³/mol. The molecule has 0 atom stereocenters. The number of anilines is 1. The summed E-state index contributed by atoms with van der Waals surface area (Å²) in [5.74, 6) is -1.67. The Bertz CT molecular complexity index is 1130. The summed E-state index contributed by atoms with van der Waals surface area (Å²) in [5.41, 5.74) is 2.23. The molecule has 11 heteroatoms. The van der Waals surface area contributed by atoms with Crippen LogP contribution in [0.25, 0.3) is 0 Å². The Morgan fingerprint density at radius 1 is 1.03 bits per heavy atom. The van der Waals surface area contributed by atoms with Crippen LogP contribution in [0, 0.1) is 13.8 Å². The second-order valence-corrected chi connectivity index (χ2v) is 9.13. The van der Waals surface area contributed by atoms with Crippen LogP contribution in [0.5, 0.6) is 0 Å². The number of rotatable bonds is 8. The number of ether oxygens (including phenoxy) is 1. The lowest BCUT2D eigenvalue weighted by Crippen LogP contribution is -2.22. The van der Waals surface area contributed by atoms with Crippen molar-refractivity contribution in [2.75, 3.05) is 11.9 Å². The average molecular weight is 487 g/mol. The quantitative estimate of drug-likeness (QED) is 0.433. The van der Waals surface area contributed by atoms with Gasteiger partial charge in [0.05, 0.1) is 27.0 Å². The van der Waals surface area contributed by atoms with Gasteiger partial charge >= 0.3 is 5.97 Å². The number of primary sulfonamides is 1. The van der Waals surface area contributed by atoms with Gasteiger partial charge in [-0.3, -0.25) is 14.4 Å². The van der Waals surface area contributed by atoms with Crippen LogP contribution in [0.2, 0.25) is 10.0 Å². The molecule has 0 aromatic heterocycles. The Kier molecular flexibility index (Phi) is 8.19. The average Bonchev–Trinajstić information content (AvgIpc) is 2.68. The van der Waals surface area contributed by atoms with Gasteiger partial charge in [0.25, 0.3) is 5.91 Å². The van der Waals surface area contributed by atoms with E-state index in [9.17, 15) is 22.8 Å². The van der Waals surface area contributed by atoms with Crippen molar-refractivity contribution in [3.8, 4) is 0 Å². The zero-order valence-electron chi connectivity index (χ0n) is 16.7. The molecule has 8 nitrogen and oxygen atoms in total. The first-order chi connectivity index (χ1) is 14.4. The van der Waals surface area contributed by atoms with E-state index < -0.39 is 28.5 Å². The second kappa shape index (κ2) is 10.2. The third kappa shape index (κ3) is 7.03. The van der Waals surface area contributed by atoms with Gasteiger partial charge in [-0.2, -0.15) is 0 Å². The van der Waals surface area contributed by atoms with Crippen LogP contribution >= 0.6 is 23.2 Å². The molecule has 0 unspecified atom stereocenters. The van der Waals surface area contributed by atoms with E-state index in [1.54, 1.807) is 13.0 Å². The number of carbonyl (C=O) groups excluding carboxylic acids is 3. The number of carbonyl (C=O) groups is 3. The maximum atomic E-state index is 12.3. The van der Waals surface area contributed by atoms with Crippen molar-refractivity contribution in [1.82, 2.24) is 0 Å². The number of benzene rings is 2. The van der Waals surface area contributed by atoms with Gasteiger partial charge in [-0.15, -0.1) is 0 Å². The zero-order valence-corrected chi connectivity index (χ0v) is 19.0. The van der Waals surface area contributed by atoms with Crippen molar-refractivity contribution in [2.24, 2.45) is 5.14 Å². The Balaban J connectivity index is 1.89. The molecule has 3 N–H and O–H groups in total. The summed E-state index contributed by atoms with van der Waals surface area (Å²) in [6.07, 6.45) is -0.249. The van der Waals surface area contributed by atoms with E-state index in [1.165, 1.54) is 0 Å². The third-order valence-corrected chi connectivity index (χ3v) is 5.71. The Labute approximate surface area is 189 Å². The van der Waals surface area contributed by atoms with Crippen LogP contribution in [0.3, 0.4) is 0 Å². The highest BCUT2D eigenvalue weighted by Crippen LogP contribution is 2.33. The lowest BCUT2D eigenvalue weighted by Gasteiger charge is -2.11. The standard InChI is InChI=1S/C20H20Cl2N2O6S/c1-11-3-4-12(2)14(7-11)17(25)5-6-19(27)30-10-18(26)24-20-15(21)8-13(9-16(20)22)31(23,28)29/h3-4,7-9H,5-6,10H2,1-2H3,(H,24,26)(H2,23,28,29). The molecule has 0 bridgehead atoms. The third-order valence-electron chi connectivity index (χ3n) is 4.22. The number of esters is 1. The molecular formula is C20H20Cl2N2O6S. The van der Waals surface area contributed by atoms with Crippen molar-refractivity contribution >= 4 is 56.6 Å². The molecule has 0 heterocycles. The molecule has 2 aromatic rings. The van der Waals surface area contributed by atoms with Gasteiger partial charge in [-0.1, -0.05) is 40.9 Å². The fourth-order valence-corrected chi connectivity index (χ4v) is 3.89. The monoisotopic (exact) mass is 486 g/mol. The topological polar surface area (TPSA) is 133 Å². The molecule has 0 fully saturated rings. The number of hydrogen-bond donors (Lipinski definition) is 2. The lowest BCUT2D eigenvalue weighted by atomic mass is 9.99. The molecule has 31 heavy (non-hydrogen) atoms. The first kappa shape index (κ1) is 24.8. The van der Waals surface area contributed by atoms with E-state index in [2.05, 4.69) is 5.32 Å². The number of sulfonamides is 1. The summed E-state index contributed by atoms with van der Waals surface area (Å²) in [5, 5.41) is 7.04. The van der Waals surface area contributed by atoms with Crippen molar-refractivity contribution in [3.05, 3.63) is 57.1 Å². The maximum Gasteiger partial charge on any atom is 0.306 e. The van der Waals surface area contributed by atoms with Crippen LogP contribution in [0.1, 0.15) is 34.3 Å². The van der Waals surface area contributed by atoms with E-state index in [0.717, 1.165) is 23.3 Å². The number of halogens is 2. The molecular weight excluding hydrogens is 467 g/mol. The minimum Gasteiger partial charge on any atom is -0.456 e. The molecule has 2 aromatic carbocycles. The summed E-state index contributed by atoms with van der Waals surface area (Å²) in [4.78, 5) is 35.9. The highest BCUT2D eigenvalue weighted by Gasteiger charge is 2.18. The highest BCUT2D eigenvalue weighted by molar-refractivity contribution is 7.89. The normalized spacial score (nSPS) is 11.1. The van der Waals surface area contributed by atoms with Crippen LogP contribution in [-0.4, -0.2) is 32.7 Å². The predicted octanol–water partition coefficient (Wildman–Crippen LogP) is 3.40. The van der Waals surface area contributed by atoms with E-state index in [4.69, 9.17) is 33.1 Å². The van der Waals surface area contributed by atoms with Crippen molar-refractivity contribution < 1.29 is 27.5 Å². The summed E-state index contributed by atoms with van der Waals surface area (Å²) in [6, 6.07) is 7.54. The van der Waals surface area contributed by atoms with Crippen LogP contribution in [0.4, 0.5) is 5.69 Å². The minimum absolute atomic E-state index is 0.0538. The zero-order chi connectivity index (χ0) is 23.3. The summed E-state index contributed by atoms with van der Waals surface area (Å²) in [6.45, 7) is 3.03. The minimum atomic E-state index is -4.03. The van der Waals surface area contributed by atoms with Crippen LogP contribution < -0.4 is 10.5 Å². The summed E-state index contributed by atoms with van der Waals surface area (Å²) < 4.78 is 27.6. The Morgan fingerprint density at radius 3 is 2.23 bits per heavy atom. The number of aryl methyl sites for hydroxylation is 2. The smallest absolute Gasteiger partial charge is 0.306 e. The van der Waals surface area contributed by atoms with Gasteiger partial charge in [-0.25, -0.2) is 13.6 Å². The molecule has 0 saturated heterocycles. The molecule has 0 aliphatic carbocycles. The van der Waals surface area contributed by atoms with Gasteiger partial charge in [0.15, 0.2) is 12.4 Å². The maximum absolute atomic E-state index is 12.3. The Morgan fingerprint density at radius 2 is 1.65 bits per heavy atom. The van der Waals surface area contributed by atoms with Gasteiger partial charge in [0.1, 0.15) is 0 Å². The Hall–Kier alpha value is -2.46. The summed E-state index contributed by atoms with van der Waals surface area (Å²) in [7, 11) is -4.03.